The maximum Gasteiger partial charge on any atom is 0.328 e. The van der Waals surface area contributed by atoms with Gasteiger partial charge in [0.25, 0.3) is 5.91 Å². The van der Waals surface area contributed by atoms with Gasteiger partial charge in [-0.2, -0.15) is 0 Å². The number of hydrogen-bond acceptors (Lipinski definition) is 3. The van der Waals surface area contributed by atoms with E-state index in [4.69, 9.17) is 4.74 Å². The monoisotopic (exact) mass is 517 g/mol. The number of hydrogen-bond donors (Lipinski definition) is 1. The van der Waals surface area contributed by atoms with Gasteiger partial charge in [-0.1, -0.05) is 66.0 Å². The van der Waals surface area contributed by atoms with Gasteiger partial charge in [0.1, 0.15) is 6.04 Å². The van der Waals surface area contributed by atoms with Gasteiger partial charge in [0, 0.05) is 25.4 Å². The Morgan fingerprint density at radius 3 is 2.29 bits per heavy atom. The van der Waals surface area contributed by atoms with Crippen molar-refractivity contribution in [2.24, 2.45) is 0 Å². The second kappa shape index (κ2) is 8.78. The van der Waals surface area contributed by atoms with Crippen molar-refractivity contribution >= 4 is 59.7 Å². The van der Waals surface area contributed by atoms with Crippen molar-refractivity contribution in [1.82, 2.24) is 5.32 Å². The molecule has 0 bridgehead atoms. The van der Waals surface area contributed by atoms with Gasteiger partial charge in [0.05, 0.1) is 7.11 Å². The molecule has 0 aromatic heterocycles. The molecule has 1 N–H and O–H groups in total. The zero-order valence-corrected chi connectivity index (χ0v) is 17.4. The second-order valence-corrected chi connectivity index (χ2v) is 7.69. The zero-order valence-electron chi connectivity index (χ0n) is 12.7. The lowest BCUT2D eigenvalue weighted by molar-refractivity contribution is -0.142. The largest absolute Gasteiger partial charge is 0.467 e. The Morgan fingerprint density at radius 1 is 1.08 bits per heavy atom. The first kappa shape index (κ1) is 19.1. The molecule has 0 fully saturated rings. The molecule has 0 aliphatic rings. The predicted molar refractivity (Wildman–Crippen MR) is 103 cm³/mol. The van der Waals surface area contributed by atoms with E-state index in [1.165, 1.54) is 7.11 Å². The molecule has 126 valence electrons. The number of nitrogens with one attached hydrogen (secondary N) is 1. The van der Waals surface area contributed by atoms with Crippen LogP contribution in [0.2, 0.25) is 0 Å². The van der Waals surface area contributed by atoms with Crippen LogP contribution in [-0.4, -0.2) is 25.0 Å². The molecule has 1 atom stereocenters. The number of rotatable bonds is 5. The van der Waals surface area contributed by atoms with Gasteiger partial charge in [-0.15, -0.1) is 0 Å². The number of benzene rings is 2. The molecule has 2 aromatic carbocycles. The lowest BCUT2D eigenvalue weighted by Crippen LogP contribution is -2.43. The van der Waals surface area contributed by atoms with Gasteiger partial charge in [-0.05, 0) is 29.8 Å². The zero-order chi connectivity index (χ0) is 17.7. The van der Waals surface area contributed by atoms with Gasteiger partial charge in [-0.3, -0.25) is 4.79 Å². The standard InChI is InChI=1S/C17H14Br3NO3/c1-24-17(23)15(8-10-4-2-3-5-14(10)20)21-16(22)11-6-12(18)9-13(19)7-11/h2-7,9,15H,8H2,1H3,(H,21,22)/t15-/m0/s1. The Morgan fingerprint density at radius 2 is 1.71 bits per heavy atom. The summed E-state index contributed by atoms with van der Waals surface area (Å²) in [6.07, 6.45) is 0.328. The highest BCUT2D eigenvalue weighted by atomic mass is 79.9. The highest BCUT2D eigenvalue weighted by Gasteiger charge is 2.23. The fourth-order valence-corrected chi connectivity index (χ4v) is 3.89. The van der Waals surface area contributed by atoms with E-state index in [2.05, 4.69) is 53.1 Å². The molecular formula is C17H14Br3NO3. The molecule has 0 heterocycles. The number of esters is 1. The average molecular weight is 520 g/mol. The van der Waals surface area contributed by atoms with E-state index >= 15 is 0 Å². The first-order valence-electron chi connectivity index (χ1n) is 6.99. The van der Waals surface area contributed by atoms with Crippen LogP contribution in [0.25, 0.3) is 0 Å². The summed E-state index contributed by atoms with van der Waals surface area (Å²) in [5.74, 6) is -0.840. The summed E-state index contributed by atoms with van der Waals surface area (Å²) in [5, 5.41) is 2.74. The first-order chi connectivity index (χ1) is 11.4. The quantitative estimate of drug-likeness (QED) is 0.592. The molecule has 24 heavy (non-hydrogen) atoms. The predicted octanol–water partition coefficient (Wildman–Crippen LogP) is 4.49. The molecular weight excluding hydrogens is 506 g/mol. The van der Waals surface area contributed by atoms with Crippen LogP contribution in [0.5, 0.6) is 0 Å². The summed E-state index contributed by atoms with van der Waals surface area (Å²) >= 11 is 10.1. The van der Waals surface area contributed by atoms with Crippen molar-refractivity contribution in [3.05, 3.63) is 67.0 Å². The lowest BCUT2D eigenvalue weighted by atomic mass is 10.1. The van der Waals surface area contributed by atoms with E-state index in [0.29, 0.717) is 12.0 Å². The van der Waals surface area contributed by atoms with Crippen molar-refractivity contribution in [1.29, 1.82) is 0 Å². The smallest absolute Gasteiger partial charge is 0.328 e. The van der Waals surface area contributed by atoms with Gasteiger partial charge in [0.15, 0.2) is 0 Å². The average Bonchev–Trinajstić information content (AvgIpc) is 2.54. The third kappa shape index (κ3) is 5.16. The molecule has 1 amide bonds. The third-order valence-electron chi connectivity index (χ3n) is 3.30. The molecule has 7 heteroatoms. The Kier molecular flexibility index (Phi) is 7.01. The van der Waals surface area contributed by atoms with Crippen molar-refractivity contribution in [2.45, 2.75) is 12.5 Å². The van der Waals surface area contributed by atoms with Crippen LogP contribution in [0.3, 0.4) is 0 Å². The minimum atomic E-state index is -0.779. The Balaban J connectivity index is 2.21. The molecule has 0 aliphatic heterocycles. The maximum atomic E-state index is 12.5. The molecule has 2 aromatic rings. The minimum absolute atomic E-state index is 0.328. The summed E-state index contributed by atoms with van der Waals surface area (Å²) in [7, 11) is 1.30. The number of ether oxygens (including phenoxy) is 1. The highest BCUT2D eigenvalue weighted by molar-refractivity contribution is 9.11. The van der Waals surface area contributed by atoms with Gasteiger partial charge >= 0.3 is 5.97 Å². The number of amides is 1. The van der Waals surface area contributed by atoms with E-state index in [1.54, 1.807) is 12.1 Å². The topological polar surface area (TPSA) is 55.4 Å². The number of halogens is 3. The van der Waals surface area contributed by atoms with E-state index in [0.717, 1.165) is 19.0 Å². The summed E-state index contributed by atoms with van der Waals surface area (Å²) in [4.78, 5) is 24.5. The van der Waals surface area contributed by atoms with E-state index in [-0.39, 0.29) is 5.91 Å². The van der Waals surface area contributed by atoms with Crippen LogP contribution in [-0.2, 0) is 16.0 Å². The van der Waals surface area contributed by atoms with E-state index in [9.17, 15) is 9.59 Å². The van der Waals surface area contributed by atoms with Gasteiger partial charge in [0.2, 0.25) is 0 Å². The van der Waals surface area contributed by atoms with Crippen molar-refractivity contribution in [3.8, 4) is 0 Å². The number of carbonyl (C=O) groups excluding carboxylic acids is 2. The SMILES string of the molecule is COC(=O)[C@H](Cc1ccccc1Br)NC(=O)c1cc(Br)cc(Br)c1. The van der Waals surface area contributed by atoms with E-state index < -0.39 is 12.0 Å². The molecule has 0 unspecified atom stereocenters. The van der Waals surface area contributed by atoms with E-state index in [1.807, 2.05) is 30.3 Å². The number of carbonyl (C=O) groups is 2. The Bertz CT molecular complexity index is 744. The van der Waals surface area contributed by atoms with Crippen molar-refractivity contribution in [3.63, 3.8) is 0 Å². The minimum Gasteiger partial charge on any atom is -0.467 e. The molecule has 0 aliphatic carbocycles. The highest BCUT2D eigenvalue weighted by Crippen LogP contribution is 2.21. The third-order valence-corrected chi connectivity index (χ3v) is 4.99. The fraction of sp³-hybridized carbons (Fsp3) is 0.176. The van der Waals surface area contributed by atoms with Crippen LogP contribution in [0.1, 0.15) is 15.9 Å². The van der Waals surface area contributed by atoms with Gasteiger partial charge < -0.3 is 10.1 Å². The summed E-state index contributed by atoms with van der Waals surface area (Å²) in [5.41, 5.74) is 1.35. The lowest BCUT2D eigenvalue weighted by Gasteiger charge is -2.17. The van der Waals surface area contributed by atoms with Crippen molar-refractivity contribution in [2.75, 3.05) is 7.11 Å². The molecule has 4 nitrogen and oxygen atoms in total. The first-order valence-corrected chi connectivity index (χ1v) is 9.37. The normalized spacial score (nSPS) is 11.7. The van der Waals surface area contributed by atoms with Gasteiger partial charge in [-0.25, -0.2) is 4.79 Å². The van der Waals surface area contributed by atoms with Crippen LogP contribution >= 0.6 is 47.8 Å². The molecule has 0 saturated heterocycles. The van der Waals surface area contributed by atoms with Crippen LogP contribution in [0.4, 0.5) is 0 Å². The molecule has 0 saturated carbocycles. The summed E-state index contributed by atoms with van der Waals surface area (Å²) in [6.45, 7) is 0. The van der Waals surface area contributed by atoms with Crippen LogP contribution in [0.15, 0.2) is 55.9 Å². The number of methoxy groups -OCH3 is 1. The second-order valence-electron chi connectivity index (χ2n) is 5.00. The summed E-state index contributed by atoms with van der Waals surface area (Å²) < 4.78 is 7.23. The molecule has 2 rings (SSSR count). The Hall–Kier alpha value is -1.18. The Labute approximate surface area is 165 Å². The van der Waals surface area contributed by atoms with Crippen LogP contribution < -0.4 is 5.32 Å². The summed E-state index contributed by atoms with van der Waals surface area (Å²) in [6, 6.07) is 12.0. The fourth-order valence-electron chi connectivity index (χ4n) is 2.15. The van der Waals surface area contributed by atoms with Crippen molar-refractivity contribution < 1.29 is 14.3 Å². The maximum absolute atomic E-state index is 12.5. The van der Waals surface area contributed by atoms with Crippen LogP contribution in [0, 0.1) is 0 Å². The molecule has 0 radical (unpaired) electrons. The molecule has 0 spiro atoms.